The SMILES string of the molecule is c1ccc(-n2c3c(c4ccccc42)B2c4cccc5c4-n4c6c(cccc6c6cc7c8ccccc8n-3c7c2c64)[Si]5(c2ccccc2)c2ccccc2)cc1. The molecule has 0 saturated heterocycles. The van der Waals surface area contributed by atoms with Crippen LogP contribution in [0.1, 0.15) is 0 Å². The lowest BCUT2D eigenvalue weighted by molar-refractivity contribution is 1.01. The summed E-state index contributed by atoms with van der Waals surface area (Å²) in [6, 6.07) is 69.1. The van der Waals surface area contributed by atoms with Crippen LogP contribution in [0.5, 0.6) is 0 Å². The van der Waals surface area contributed by atoms with E-state index in [1.165, 1.54) is 109 Å². The monoisotopic (exact) mass is 711 g/mol. The van der Waals surface area contributed by atoms with Gasteiger partial charge in [-0.1, -0.05) is 152 Å². The number of fused-ring (bicyclic) bond motifs is 10. The van der Waals surface area contributed by atoms with E-state index in [1.54, 1.807) is 0 Å². The van der Waals surface area contributed by atoms with Crippen molar-refractivity contribution in [3.05, 3.63) is 182 Å². The summed E-state index contributed by atoms with van der Waals surface area (Å²) in [5.41, 5.74) is 13.4. The Labute approximate surface area is 318 Å². The third kappa shape index (κ3) is 3.14. The van der Waals surface area contributed by atoms with Crippen molar-refractivity contribution < 1.29 is 0 Å². The Balaban J connectivity index is 1.29. The van der Waals surface area contributed by atoms with E-state index in [1.807, 2.05) is 0 Å². The number of hydrogen-bond donors (Lipinski definition) is 0. The summed E-state index contributed by atoms with van der Waals surface area (Å²) in [7, 11) is -2.81. The zero-order valence-electron chi connectivity index (χ0n) is 29.7. The zero-order valence-corrected chi connectivity index (χ0v) is 30.7. The number of rotatable bonds is 3. The van der Waals surface area contributed by atoms with Gasteiger partial charge in [0, 0.05) is 32.9 Å². The van der Waals surface area contributed by atoms with Crippen LogP contribution in [0.25, 0.3) is 71.7 Å². The molecule has 5 heteroatoms. The molecule has 0 saturated carbocycles. The molecule has 252 valence electrons. The minimum Gasteiger partial charge on any atom is -0.310 e. The molecule has 55 heavy (non-hydrogen) atoms. The second kappa shape index (κ2) is 9.83. The third-order valence-corrected chi connectivity index (χ3v) is 18.1. The number of aromatic nitrogens is 3. The van der Waals surface area contributed by atoms with Gasteiger partial charge in [0.2, 0.25) is 0 Å². The smallest absolute Gasteiger partial charge is 0.255 e. The highest BCUT2D eigenvalue weighted by Crippen LogP contribution is 2.44. The van der Waals surface area contributed by atoms with Crippen LogP contribution >= 0.6 is 0 Å². The van der Waals surface area contributed by atoms with E-state index in [4.69, 9.17) is 0 Å². The highest BCUT2D eigenvalue weighted by Gasteiger charge is 2.52. The van der Waals surface area contributed by atoms with Gasteiger partial charge >= 0.3 is 0 Å². The number of nitrogens with zero attached hydrogens (tertiary/aromatic N) is 3. The van der Waals surface area contributed by atoms with Gasteiger partial charge in [-0.05, 0) is 72.9 Å². The molecule has 6 heterocycles. The Morgan fingerprint density at radius 1 is 0.382 bits per heavy atom. The van der Waals surface area contributed by atoms with E-state index in [0.717, 1.165) is 0 Å². The van der Waals surface area contributed by atoms with Gasteiger partial charge < -0.3 is 4.57 Å². The van der Waals surface area contributed by atoms with Crippen LogP contribution in [0.3, 0.4) is 0 Å². The average Bonchev–Trinajstić information content (AvgIpc) is 3.90. The average molecular weight is 712 g/mol. The largest absolute Gasteiger partial charge is 0.310 e. The third-order valence-electron chi connectivity index (χ3n) is 13.3. The first-order valence-corrected chi connectivity index (χ1v) is 21.3. The van der Waals surface area contributed by atoms with E-state index < -0.39 is 8.07 Å². The molecule has 8 aromatic carbocycles. The zero-order chi connectivity index (χ0) is 35.6. The van der Waals surface area contributed by atoms with Crippen molar-refractivity contribution in [1.82, 2.24) is 13.7 Å². The van der Waals surface area contributed by atoms with Crippen molar-refractivity contribution in [2.24, 2.45) is 0 Å². The van der Waals surface area contributed by atoms with Crippen LogP contribution in [-0.4, -0.2) is 28.5 Å². The van der Waals surface area contributed by atoms with Gasteiger partial charge in [0.05, 0.1) is 27.6 Å². The predicted octanol–water partition coefficient (Wildman–Crippen LogP) is 6.66. The van der Waals surface area contributed by atoms with Gasteiger partial charge in [-0.3, -0.25) is 9.13 Å². The van der Waals surface area contributed by atoms with Gasteiger partial charge in [-0.15, -0.1) is 0 Å². The predicted molar refractivity (Wildman–Crippen MR) is 234 cm³/mol. The quantitative estimate of drug-likeness (QED) is 0.182. The summed E-state index contributed by atoms with van der Waals surface area (Å²) in [5.74, 6) is 1.25. The molecule has 0 aliphatic carbocycles. The summed E-state index contributed by atoms with van der Waals surface area (Å²) in [5, 5.41) is 12.5. The maximum absolute atomic E-state index is 2.81. The van der Waals surface area contributed by atoms with Gasteiger partial charge in [-0.2, -0.15) is 0 Å². The first kappa shape index (κ1) is 28.7. The molecule has 11 aromatic rings. The van der Waals surface area contributed by atoms with Gasteiger partial charge in [0.25, 0.3) is 6.71 Å². The van der Waals surface area contributed by atoms with Crippen molar-refractivity contribution in [2.75, 3.05) is 0 Å². The van der Waals surface area contributed by atoms with E-state index in [9.17, 15) is 0 Å². The van der Waals surface area contributed by atoms with E-state index in [-0.39, 0.29) is 6.71 Å². The second-order valence-corrected chi connectivity index (χ2v) is 19.3. The normalized spacial score (nSPS) is 14.3. The lowest BCUT2D eigenvalue weighted by atomic mass is 9.34. The first-order chi connectivity index (χ1) is 27.4. The highest BCUT2D eigenvalue weighted by molar-refractivity contribution is 7.22. The van der Waals surface area contributed by atoms with Crippen molar-refractivity contribution in [3.63, 3.8) is 0 Å². The fourth-order valence-corrected chi connectivity index (χ4v) is 16.6. The molecule has 0 spiro atoms. The summed E-state index contributed by atoms with van der Waals surface area (Å²) in [4.78, 5) is 0. The molecule has 3 aliphatic rings. The van der Waals surface area contributed by atoms with E-state index >= 15 is 0 Å². The number of benzene rings is 8. The van der Waals surface area contributed by atoms with Crippen LogP contribution in [-0.2, 0) is 0 Å². The van der Waals surface area contributed by atoms with Crippen molar-refractivity contribution in [2.45, 2.75) is 0 Å². The van der Waals surface area contributed by atoms with Crippen LogP contribution < -0.4 is 37.1 Å². The summed E-state index contributed by atoms with van der Waals surface area (Å²) in [6.45, 7) is 0.0411. The molecule has 14 rings (SSSR count). The summed E-state index contributed by atoms with van der Waals surface area (Å²) < 4.78 is 7.87. The van der Waals surface area contributed by atoms with Crippen LogP contribution in [0.4, 0.5) is 0 Å². The molecular weight excluding hydrogens is 681 g/mol. The Morgan fingerprint density at radius 2 is 0.945 bits per heavy atom. The summed E-state index contributed by atoms with van der Waals surface area (Å²) in [6.07, 6.45) is 0. The standard InChI is InChI=1S/C50H30BN3Si/c1-4-16-31(17-5-1)52-41-27-13-11-23-36(41)44-50(52)53-40-26-12-10-22-34(40)37-30-38-35-24-14-28-42-46(35)54-48(38)45(47(37)53)51(44)39-25-15-29-43(49(39)54)55(42,32-18-6-2-7-19-32)33-20-8-3-9-21-33/h1-30H. The van der Waals surface area contributed by atoms with Gasteiger partial charge in [0.15, 0.2) is 8.07 Å². The molecule has 3 aliphatic heterocycles. The molecule has 0 fully saturated rings. The minimum absolute atomic E-state index is 0.0411. The highest BCUT2D eigenvalue weighted by atomic mass is 28.3. The fraction of sp³-hybridized carbons (Fsp3) is 0. The fourth-order valence-electron chi connectivity index (χ4n) is 11.4. The van der Waals surface area contributed by atoms with Crippen molar-refractivity contribution in [1.29, 1.82) is 0 Å². The van der Waals surface area contributed by atoms with E-state index in [2.05, 4.69) is 196 Å². The molecule has 0 N–H and O–H groups in total. The lowest BCUT2D eigenvalue weighted by Crippen LogP contribution is -2.78. The topological polar surface area (TPSA) is 14.8 Å². The summed E-state index contributed by atoms with van der Waals surface area (Å²) >= 11 is 0. The molecule has 0 bridgehead atoms. The van der Waals surface area contributed by atoms with E-state index in [0.29, 0.717) is 0 Å². The molecule has 3 nitrogen and oxygen atoms in total. The Bertz CT molecular complexity index is 3450. The van der Waals surface area contributed by atoms with Gasteiger partial charge in [-0.25, -0.2) is 0 Å². The number of hydrogen-bond acceptors (Lipinski definition) is 0. The molecular formula is C50H30BN3Si. The maximum Gasteiger partial charge on any atom is 0.255 e. The van der Waals surface area contributed by atoms with Crippen molar-refractivity contribution >= 4 is 106 Å². The molecule has 0 radical (unpaired) electrons. The molecule has 0 atom stereocenters. The van der Waals surface area contributed by atoms with Crippen LogP contribution in [0.2, 0.25) is 0 Å². The maximum atomic E-state index is 2.72. The van der Waals surface area contributed by atoms with Gasteiger partial charge in [0.1, 0.15) is 5.82 Å². The molecule has 0 amide bonds. The molecule has 3 aromatic heterocycles. The van der Waals surface area contributed by atoms with Crippen LogP contribution in [0.15, 0.2) is 182 Å². The number of para-hydroxylation sites is 5. The lowest BCUT2D eigenvalue weighted by Gasteiger charge is -2.43. The first-order valence-electron chi connectivity index (χ1n) is 19.3. The van der Waals surface area contributed by atoms with Crippen LogP contribution in [0, 0.1) is 0 Å². The Morgan fingerprint density at radius 3 is 1.69 bits per heavy atom. The second-order valence-electron chi connectivity index (χ2n) is 15.6. The Kier molecular flexibility index (Phi) is 5.12. The minimum atomic E-state index is -2.81. The Hall–Kier alpha value is -6.82. The molecule has 0 unspecified atom stereocenters. The van der Waals surface area contributed by atoms with Crippen molar-refractivity contribution in [3.8, 4) is 17.2 Å².